The van der Waals surface area contributed by atoms with E-state index in [9.17, 15) is 4.79 Å². The van der Waals surface area contributed by atoms with Crippen LogP contribution in [0.3, 0.4) is 0 Å². The van der Waals surface area contributed by atoms with E-state index in [4.69, 9.17) is 5.73 Å². The number of aromatic nitrogens is 1. The molecule has 21 heavy (non-hydrogen) atoms. The van der Waals surface area contributed by atoms with Gasteiger partial charge in [-0.05, 0) is 38.3 Å². The summed E-state index contributed by atoms with van der Waals surface area (Å²) in [5.41, 5.74) is 5.60. The Morgan fingerprint density at radius 2 is 2.00 bits per heavy atom. The van der Waals surface area contributed by atoms with Gasteiger partial charge in [0.2, 0.25) is 5.91 Å². The standard InChI is InChI=1S/C14H24N4O.2ClH/c1-12(15)7-8-14(19)18-11-5-4-10-17-13-6-2-3-9-16-13;;/h2-3,6,9,12H,4-5,7-8,10-11,15H2,1H3,(H,16,17)(H,18,19);2*1H. The highest BCUT2D eigenvalue weighted by molar-refractivity contribution is 5.85. The van der Waals surface area contributed by atoms with Crippen molar-refractivity contribution in [2.75, 3.05) is 18.4 Å². The van der Waals surface area contributed by atoms with Gasteiger partial charge in [0.05, 0.1) is 0 Å². The summed E-state index contributed by atoms with van der Waals surface area (Å²) >= 11 is 0. The quantitative estimate of drug-likeness (QED) is 0.605. The van der Waals surface area contributed by atoms with Crippen molar-refractivity contribution in [3.63, 3.8) is 0 Å². The third-order valence-electron chi connectivity index (χ3n) is 2.72. The van der Waals surface area contributed by atoms with Crippen molar-refractivity contribution < 1.29 is 4.79 Å². The van der Waals surface area contributed by atoms with Gasteiger partial charge in [0.15, 0.2) is 0 Å². The molecule has 0 aliphatic carbocycles. The minimum Gasteiger partial charge on any atom is -0.370 e. The number of amides is 1. The van der Waals surface area contributed by atoms with Crippen LogP contribution < -0.4 is 16.4 Å². The summed E-state index contributed by atoms with van der Waals surface area (Å²) in [4.78, 5) is 15.6. The molecule has 1 unspecified atom stereocenters. The number of nitrogens with one attached hydrogen (secondary N) is 2. The molecule has 0 aromatic carbocycles. The lowest BCUT2D eigenvalue weighted by Crippen LogP contribution is -2.26. The van der Waals surface area contributed by atoms with Gasteiger partial charge in [-0.3, -0.25) is 4.79 Å². The first-order valence-electron chi connectivity index (χ1n) is 6.85. The lowest BCUT2D eigenvalue weighted by atomic mass is 10.2. The Morgan fingerprint density at radius 1 is 1.29 bits per heavy atom. The Kier molecular flexibility index (Phi) is 14.7. The van der Waals surface area contributed by atoms with E-state index in [0.29, 0.717) is 6.42 Å². The number of hydrogen-bond acceptors (Lipinski definition) is 4. The van der Waals surface area contributed by atoms with Crippen LogP contribution in [0.15, 0.2) is 24.4 Å². The minimum absolute atomic E-state index is 0. The fourth-order valence-electron chi connectivity index (χ4n) is 1.61. The second kappa shape index (κ2) is 13.9. The Labute approximate surface area is 139 Å². The summed E-state index contributed by atoms with van der Waals surface area (Å²) in [5.74, 6) is 0.985. The van der Waals surface area contributed by atoms with Crippen LogP contribution in [-0.4, -0.2) is 30.0 Å². The molecule has 5 nitrogen and oxygen atoms in total. The Hall–Kier alpha value is -1.04. The largest absolute Gasteiger partial charge is 0.370 e. The average molecular weight is 337 g/mol. The number of rotatable bonds is 9. The van der Waals surface area contributed by atoms with Gasteiger partial charge in [0.1, 0.15) is 5.82 Å². The van der Waals surface area contributed by atoms with E-state index >= 15 is 0 Å². The number of carbonyl (C=O) groups excluding carboxylic acids is 1. The zero-order valence-electron chi connectivity index (χ0n) is 12.4. The molecular weight excluding hydrogens is 311 g/mol. The van der Waals surface area contributed by atoms with Crippen LogP contribution >= 0.6 is 24.8 Å². The second-order valence-electron chi connectivity index (χ2n) is 4.71. The molecule has 0 fully saturated rings. The van der Waals surface area contributed by atoms with Crippen molar-refractivity contribution in [1.82, 2.24) is 10.3 Å². The molecule has 1 heterocycles. The number of unbranched alkanes of at least 4 members (excludes halogenated alkanes) is 1. The number of nitrogens with zero attached hydrogens (tertiary/aromatic N) is 1. The van der Waals surface area contributed by atoms with Crippen molar-refractivity contribution in [2.24, 2.45) is 5.73 Å². The van der Waals surface area contributed by atoms with Crippen LogP contribution in [0.2, 0.25) is 0 Å². The van der Waals surface area contributed by atoms with Gasteiger partial charge in [-0.1, -0.05) is 6.07 Å². The first-order chi connectivity index (χ1) is 9.18. The van der Waals surface area contributed by atoms with Gasteiger partial charge in [-0.2, -0.15) is 0 Å². The van der Waals surface area contributed by atoms with E-state index in [-0.39, 0.29) is 36.8 Å². The molecule has 0 aliphatic heterocycles. The maximum Gasteiger partial charge on any atom is 0.220 e. The van der Waals surface area contributed by atoms with Gasteiger partial charge in [0.25, 0.3) is 0 Å². The van der Waals surface area contributed by atoms with Crippen LogP contribution in [0.1, 0.15) is 32.6 Å². The van der Waals surface area contributed by atoms with E-state index in [1.165, 1.54) is 0 Å². The molecule has 7 heteroatoms. The predicted octanol–water partition coefficient (Wildman–Crippen LogP) is 2.36. The molecule has 0 saturated carbocycles. The lowest BCUT2D eigenvalue weighted by molar-refractivity contribution is -0.121. The van der Waals surface area contributed by atoms with Crippen LogP contribution in [0, 0.1) is 0 Å². The van der Waals surface area contributed by atoms with Crippen molar-refractivity contribution in [3.05, 3.63) is 24.4 Å². The zero-order valence-corrected chi connectivity index (χ0v) is 14.0. The third-order valence-corrected chi connectivity index (χ3v) is 2.72. The van der Waals surface area contributed by atoms with Gasteiger partial charge in [0, 0.05) is 31.7 Å². The monoisotopic (exact) mass is 336 g/mol. The molecular formula is C14H26Cl2N4O. The maximum absolute atomic E-state index is 11.4. The molecule has 1 rings (SSSR count). The molecule has 0 bridgehead atoms. The van der Waals surface area contributed by atoms with Crippen LogP contribution in [-0.2, 0) is 4.79 Å². The normalized spacial score (nSPS) is 10.8. The zero-order chi connectivity index (χ0) is 13.9. The number of hydrogen-bond donors (Lipinski definition) is 3. The fraction of sp³-hybridized carbons (Fsp3) is 0.571. The fourth-order valence-corrected chi connectivity index (χ4v) is 1.61. The van der Waals surface area contributed by atoms with Gasteiger partial charge < -0.3 is 16.4 Å². The molecule has 1 amide bonds. The van der Waals surface area contributed by atoms with E-state index in [2.05, 4.69) is 15.6 Å². The summed E-state index contributed by atoms with van der Waals surface area (Å²) in [7, 11) is 0. The molecule has 1 aromatic rings. The maximum atomic E-state index is 11.4. The SMILES string of the molecule is CC(N)CCC(=O)NCCCCNc1ccccn1.Cl.Cl. The molecule has 4 N–H and O–H groups in total. The van der Waals surface area contributed by atoms with Crippen LogP contribution in [0.4, 0.5) is 5.82 Å². The number of halogens is 2. The van der Waals surface area contributed by atoms with Crippen molar-refractivity contribution in [1.29, 1.82) is 0 Å². The third kappa shape index (κ3) is 12.4. The number of nitrogens with two attached hydrogens (primary N) is 1. The number of pyridine rings is 1. The highest BCUT2D eigenvalue weighted by Gasteiger charge is 2.02. The highest BCUT2D eigenvalue weighted by atomic mass is 35.5. The minimum atomic E-state index is 0. The molecule has 0 aliphatic rings. The predicted molar refractivity (Wildman–Crippen MR) is 92.3 cm³/mol. The molecule has 1 aromatic heterocycles. The molecule has 1 atom stereocenters. The van der Waals surface area contributed by atoms with Crippen molar-refractivity contribution >= 4 is 36.5 Å². The topological polar surface area (TPSA) is 80.0 Å². The first kappa shape index (κ1) is 22.2. The number of anilines is 1. The summed E-state index contributed by atoms with van der Waals surface area (Å²) in [6, 6.07) is 5.88. The molecule has 0 radical (unpaired) electrons. The van der Waals surface area contributed by atoms with E-state index in [0.717, 1.165) is 38.2 Å². The summed E-state index contributed by atoms with van der Waals surface area (Å²) < 4.78 is 0. The van der Waals surface area contributed by atoms with Gasteiger partial charge in [-0.15, -0.1) is 24.8 Å². The average Bonchev–Trinajstić information content (AvgIpc) is 2.41. The van der Waals surface area contributed by atoms with Crippen LogP contribution in [0.25, 0.3) is 0 Å². The Bertz CT molecular complexity index is 363. The molecule has 122 valence electrons. The van der Waals surface area contributed by atoms with E-state index < -0.39 is 0 Å². The Balaban J connectivity index is 0. The summed E-state index contributed by atoms with van der Waals surface area (Å²) in [5, 5.41) is 6.13. The van der Waals surface area contributed by atoms with Gasteiger partial charge in [-0.25, -0.2) is 4.98 Å². The van der Waals surface area contributed by atoms with Crippen LogP contribution in [0.5, 0.6) is 0 Å². The molecule has 0 saturated heterocycles. The van der Waals surface area contributed by atoms with E-state index in [1.54, 1.807) is 6.20 Å². The second-order valence-corrected chi connectivity index (χ2v) is 4.71. The summed E-state index contributed by atoms with van der Waals surface area (Å²) in [6.07, 6.45) is 4.99. The van der Waals surface area contributed by atoms with E-state index in [1.807, 2.05) is 25.1 Å². The Morgan fingerprint density at radius 3 is 2.62 bits per heavy atom. The summed E-state index contributed by atoms with van der Waals surface area (Å²) in [6.45, 7) is 3.50. The highest BCUT2D eigenvalue weighted by Crippen LogP contribution is 2.00. The first-order valence-corrected chi connectivity index (χ1v) is 6.85. The van der Waals surface area contributed by atoms with Crippen molar-refractivity contribution in [3.8, 4) is 0 Å². The van der Waals surface area contributed by atoms with Gasteiger partial charge >= 0.3 is 0 Å². The van der Waals surface area contributed by atoms with Crippen molar-refractivity contribution in [2.45, 2.75) is 38.6 Å². The number of carbonyl (C=O) groups is 1. The smallest absolute Gasteiger partial charge is 0.220 e. The molecule has 0 spiro atoms. The lowest BCUT2D eigenvalue weighted by Gasteiger charge is -2.07.